The van der Waals surface area contributed by atoms with Crippen molar-refractivity contribution >= 4 is 216 Å². The smallest absolute Gasteiger partial charge is 0.144 e. The SMILES string of the molecule is C.C.C1CCOC1.S=c1sc(CBr)c(CBr)s1.S=c1sc2c(s1)CSC2.S=c1sc2c(s1)CSC2.S=c1sc2cscc2s1.[2H][2H]. The zero-order chi connectivity index (χ0) is 31.9. The average molecular weight is 1000 g/mol. The zero-order valence-corrected chi connectivity index (χ0v) is 36.9. The molecule has 3 aliphatic heterocycles. The van der Waals surface area contributed by atoms with E-state index in [1.165, 1.54) is 74.5 Å². The molecule has 8 rings (SSSR count). The van der Waals surface area contributed by atoms with Gasteiger partial charge in [0.05, 0.1) is 9.40 Å². The highest BCUT2D eigenvalue weighted by atomic mass is 79.9. The van der Waals surface area contributed by atoms with E-state index >= 15 is 0 Å². The summed E-state index contributed by atoms with van der Waals surface area (Å²) in [5.74, 6) is 4.81. The molecule has 0 N–H and O–H groups in total. The second-order valence-corrected chi connectivity index (χ2v) is 25.3. The molecule has 0 amide bonds. The lowest BCUT2D eigenvalue weighted by molar-refractivity contribution is 0.198. The summed E-state index contributed by atoms with van der Waals surface area (Å²) in [4.78, 5) is 8.80. The summed E-state index contributed by atoms with van der Waals surface area (Å²) in [7, 11) is 0. The number of thiophene rings is 1. The van der Waals surface area contributed by atoms with E-state index in [4.69, 9.17) is 56.6 Å². The first-order valence-electron chi connectivity index (χ1n) is 13.0. The standard InChI is InChI=1S/C5H4Br2S3.2C5H4S4.C5H2S4.C4H8O.2CH4.H2/c6-1-3-4(2-7)10-5(8)9-3;3*6-5-8-3-1-7-2-4(3)9-5;1-2-4-5-3-1;;;/h1-2H2;2*1-2H2;1-2H;1-4H2;2*1H4;1H/i;;;;;;;1+1D. The molecule has 0 bridgehead atoms. The van der Waals surface area contributed by atoms with Gasteiger partial charge in [-0.1, -0.05) is 95.6 Å². The molecule has 0 radical (unpaired) electrons. The molecule has 0 aromatic carbocycles. The van der Waals surface area contributed by atoms with Crippen LogP contribution < -0.4 is 0 Å². The molecule has 8 heterocycles. The van der Waals surface area contributed by atoms with Crippen molar-refractivity contribution in [3.8, 4) is 0 Å². The van der Waals surface area contributed by atoms with Crippen molar-refractivity contribution in [1.29, 1.82) is 0 Å². The molecule has 0 aliphatic carbocycles. The van der Waals surface area contributed by atoms with Gasteiger partial charge in [-0.15, -0.1) is 102 Å². The molecule has 0 atom stereocenters. The number of halogens is 2. The number of rotatable bonds is 2. The van der Waals surface area contributed by atoms with E-state index in [1.807, 2.05) is 23.5 Å². The Kier molecular flexibility index (Phi) is 21.7. The first-order valence-corrected chi connectivity index (χ1v) is 25.7. The molecule has 5 aromatic heterocycles. The first-order chi connectivity index (χ1) is 21.4. The molecule has 246 valence electrons. The number of fused-ring (bicyclic) bond motifs is 3. The van der Waals surface area contributed by atoms with Crippen molar-refractivity contribution < 1.29 is 7.71 Å². The van der Waals surface area contributed by atoms with Crippen molar-refractivity contribution in [2.45, 2.75) is 61.4 Å². The van der Waals surface area contributed by atoms with Crippen molar-refractivity contribution in [2.75, 3.05) is 13.2 Å². The molecule has 1 fully saturated rings. The number of hydrogen-bond acceptors (Lipinski definition) is 16. The maximum Gasteiger partial charge on any atom is 0.144 e. The summed E-state index contributed by atoms with van der Waals surface area (Å²) >= 11 is 46.7. The van der Waals surface area contributed by atoms with E-state index in [0.29, 0.717) is 0 Å². The van der Waals surface area contributed by atoms with E-state index in [-0.39, 0.29) is 14.9 Å². The van der Waals surface area contributed by atoms with Gasteiger partial charge in [0.15, 0.2) is 0 Å². The van der Waals surface area contributed by atoms with Crippen molar-refractivity contribution in [1.82, 2.24) is 0 Å². The normalized spacial score (nSPS) is 14.0. The molecule has 0 spiro atoms. The Balaban J connectivity index is 0.000000284. The van der Waals surface area contributed by atoms with Crippen LogP contribution in [0.1, 0.15) is 59.9 Å². The minimum atomic E-state index is 0. The van der Waals surface area contributed by atoms with Gasteiger partial charge in [0.2, 0.25) is 0 Å². The topological polar surface area (TPSA) is 9.23 Å². The fourth-order valence-electron chi connectivity index (χ4n) is 3.26. The predicted octanol–water partition coefficient (Wildman–Crippen LogP) is 17.0. The fourth-order valence-corrected chi connectivity index (χ4v) is 19.9. The van der Waals surface area contributed by atoms with Crippen LogP contribution in [0.2, 0.25) is 0 Å². The van der Waals surface area contributed by atoms with Crippen LogP contribution in [-0.4, -0.2) is 13.2 Å². The lowest BCUT2D eigenvalue weighted by Gasteiger charge is -1.89. The lowest BCUT2D eigenvalue weighted by atomic mass is 10.4. The van der Waals surface area contributed by atoms with Gasteiger partial charge in [-0.05, 0) is 12.8 Å². The van der Waals surface area contributed by atoms with E-state index < -0.39 is 0 Å². The lowest BCUT2D eigenvalue weighted by Crippen LogP contribution is -1.74. The Morgan fingerprint density at radius 2 is 0.932 bits per heavy atom. The van der Waals surface area contributed by atoms with E-state index in [2.05, 4.69) is 42.6 Å². The number of hydrogen-bond donors (Lipinski definition) is 0. The van der Waals surface area contributed by atoms with Gasteiger partial charge in [-0.3, -0.25) is 0 Å². The monoisotopic (exact) mass is 1000 g/mol. The van der Waals surface area contributed by atoms with Gasteiger partial charge in [-0.25, -0.2) is 0 Å². The Morgan fingerprint density at radius 1 is 0.591 bits per heavy atom. The third-order valence-electron chi connectivity index (χ3n) is 5.15. The first kappa shape index (κ1) is 41.1. The molecule has 0 unspecified atom stereocenters. The zero-order valence-electron chi connectivity index (χ0n) is 23.5. The van der Waals surface area contributed by atoms with E-state index in [1.54, 1.807) is 102 Å². The maximum atomic E-state index is 5.05. The Bertz CT molecular complexity index is 1590. The van der Waals surface area contributed by atoms with Gasteiger partial charge >= 0.3 is 0 Å². The number of alkyl halides is 2. The van der Waals surface area contributed by atoms with E-state index in [9.17, 15) is 0 Å². The largest absolute Gasteiger partial charge is 0.381 e. The van der Waals surface area contributed by atoms with Gasteiger partial charge < -0.3 is 4.74 Å². The van der Waals surface area contributed by atoms with Crippen LogP contribution in [0.3, 0.4) is 0 Å². The third-order valence-corrected chi connectivity index (χ3v) is 21.6. The van der Waals surface area contributed by atoms with Gasteiger partial charge in [0.25, 0.3) is 0 Å². The Morgan fingerprint density at radius 3 is 1.25 bits per heavy atom. The molecular weight excluding hydrogens is 969 g/mol. The quantitative estimate of drug-likeness (QED) is 0.127. The molecule has 44 heavy (non-hydrogen) atoms. The third kappa shape index (κ3) is 14.1. The minimum Gasteiger partial charge on any atom is -0.381 e. The van der Waals surface area contributed by atoms with Crippen LogP contribution in [0, 0.1) is 12.6 Å². The summed E-state index contributed by atoms with van der Waals surface area (Å²) in [6.07, 6.45) is 2.56. The number of ether oxygens (including phenoxy) is 1. The van der Waals surface area contributed by atoms with Crippen LogP contribution >= 0.6 is 206 Å². The summed E-state index contributed by atoms with van der Waals surface area (Å²) in [5.41, 5.74) is 0. The molecule has 18 heteroatoms. The van der Waals surface area contributed by atoms with Crippen molar-refractivity contribution in [3.63, 3.8) is 0 Å². The van der Waals surface area contributed by atoms with Gasteiger partial charge in [-0.2, -0.15) is 23.5 Å². The highest BCUT2D eigenvalue weighted by molar-refractivity contribution is 9.09. The Hall–Kier alpha value is 2.66. The summed E-state index contributed by atoms with van der Waals surface area (Å²) in [6, 6.07) is 0. The molecule has 1 saturated heterocycles. The van der Waals surface area contributed by atoms with Gasteiger partial charge in [0, 0.05) is 89.9 Å². The van der Waals surface area contributed by atoms with Gasteiger partial charge in [0.1, 0.15) is 12.6 Å². The van der Waals surface area contributed by atoms with E-state index in [0.717, 1.165) is 36.4 Å². The predicted molar refractivity (Wildman–Crippen MR) is 238 cm³/mol. The maximum absolute atomic E-state index is 5.05. The molecule has 1 nitrogen and oxygen atoms in total. The minimum absolute atomic E-state index is 0. The van der Waals surface area contributed by atoms with Crippen LogP contribution in [0.25, 0.3) is 9.40 Å². The second kappa shape index (κ2) is 23.2. The van der Waals surface area contributed by atoms with Crippen molar-refractivity contribution in [3.05, 3.63) is 52.6 Å². The molecule has 0 saturated carbocycles. The highest BCUT2D eigenvalue weighted by Crippen LogP contribution is 2.38. The Labute approximate surface area is 345 Å². The molecule has 3 aliphatic rings. The summed E-state index contributed by atoms with van der Waals surface area (Å²) < 4.78 is 21.9. The van der Waals surface area contributed by atoms with Crippen LogP contribution in [0.4, 0.5) is 0 Å². The molecular formula is C26H32Br2OS15. The van der Waals surface area contributed by atoms with Crippen LogP contribution in [-0.2, 0) is 38.4 Å². The fraction of sp³-hybridized carbons (Fsp3) is 0.462. The number of thioether (sulfide) groups is 2. The second-order valence-electron chi connectivity index (χ2n) is 8.03. The summed E-state index contributed by atoms with van der Waals surface area (Å²) in [5, 5.41) is 6.14. The highest BCUT2D eigenvalue weighted by Gasteiger charge is 2.14. The van der Waals surface area contributed by atoms with Crippen LogP contribution in [0.15, 0.2) is 10.8 Å². The van der Waals surface area contributed by atoms with Crippen molar-refractivity contribution in [2.24, 2.45) is 0 Å². The average Bonchev–Trinajstić information content (AvgIpc) is 3.82. The summed E-state index contributed by atoms with van der Waals surface area (Å²) in [6.45, 7) is 2.00. The van der Waals surface area contributed by atoms with Crippen LogP contribution in [0.5, 0.6) is 0 Å². The molecule has 5 aromatic rings.